The highest BCUT2D eigenvalue weighted by Crippen LogP contribution is 2.06. The molecule has 0 aliphatic rings. The predicted molar refractivity (Wildman–Crippen MR) is 64.0 cm³/mol. The minimum absolute atomic E-state index is 0.158. The van der Waals surface area contributed by atoms with E-state index in [0.29, 0.717) is 5.56 Å². The molecule has 0 radical (unpaired) electrons. The lowest BCUT2D eigenvalue weighted by molar-refractivity contribution is 0.104. The maximum atomic E-state index is 12.7. The Morgan fingerprint density at radius 2 is 1.94 bits per heavy atom. The van der Waals surface area contributed by atoms with Gasteiger partial charge in [-0.05, 0) is 48.0 Å². The van der Waals surface area contributed by atoms with Gasteiger partial charge >= 0.3 is 0 Å². The van der Waals surface area contributed by atoms with Gasteiger partial charge in [0, 0.05) is 18.0 Å². The molecule has 0 spiro atoms. The summed E-state index contributed by atoms with van der Waals surface area (Å²) >= 11 is 0. The van der Waals surface area contributed by atoms with Gasteiger partial charge in [0.2, 0.25) is 0 Å². The van der Waals surface area contributed by atoms with E-state index in [0.717, 1.165) is 5.56 Å². The Morgan fingerprint density at radius 1 is 1.18 bits per heavy atom. The monoisotopic (exact) mass is 227 g/mol. The fourth-order valence-corrected chi connectivity index (χ4v) is 1.36. The molecule has 0 unspecified atom stereocenters. The summed E-state index contributed by atoms with van der Waals surface area (Å²) in [6, 6.07) is 9.11. The van der Waals surface area contributed by atoms with Crippen LogP contribution in [0.15, 0.2) is 54.9 Å². The molecular formula is C14H10FNO. The number of aromatic nitrogens is 1. The van der Waals surface area contributed by atoms with E-state index >= 15 is 0 Å². The van der Waals surface area contributed by atoms with Gasteiger partial charge in [-0.25, -0.2) is 4.39 Å². The normalized spacial score (nSPS) is 10.6. The highest BCUT2D eigenvalue weighted by molar-refractivity contribution is 6.06. The van der Waals surface area contributed by atoms with E-state index in [2.05, 4.69) is 4.98 Å². The third kappa shape index (κ3) is 3.08. The Balaban J connectivity index is 2.12. The number of hydrogen-bond acceptors (Lipinski definition) is 2. The summed E-state index contributed by atoms with van der Waals surface area (Å²) in [4.78, 5) is 15.6. The molecular weight excluding hydrogens is 217 g/mol. The van der Waals surface area contributed by atoms with E-state index in [9.17, 15) is 9.18 Å². The van der Waals surface area contributed by atoms with E-state index in [-0.39, 0.29) is 11.6 Å². The smallest absolute Gasteiger partial charge is 0.185 e. The molecule has 0 saturated carbocycles. The topological polar surface area (TPSA) is 30.0 Å². The van der Waals surface area contributed by atoms with E-state index < -0.39 is 0 Å². The zero-order chi connectivity index (χ0) is 12.1. The van der Waals surface area contributed by atoms with Gasteiger partial charge in [0.25, 0.3) is 0 Å². The van der Waals surface area contributed by atoms with Crippen molar-refractivity contribution in [3.8, 4) is 0 Å². The third-order valence-electron chi connectivity index (χ3n) is 2.24. The van der Waals surface area contributed by atoms with Crippen molar-refractivity contribution in [3.05, 3.63) is 71.8 Å². The van der Waals surface area contributed by atoms with Gasteiger partial charge in [0.15, 0.2) is 5.78 Å². The Bertz CT molecular complexity index is 532. The number of rotatable bonds is 3. The molecule has 2 nitrogen and oxygen atoms in total. The molecule has 1 aromatic carbocycles. The standard InChI is InChI=1S/C14H10FNO/c15-13-6-4-12(5-7-13)14(17)8-3-11-2-1-9-16-10-11/h1-10H/b8-3-. The maximum absolute atomic E-state index is 12.7. The summed E-state index contributed by atoms with van der Waals surface area (Å²) in [7, 11) is 0. The molecule has 0 saturated heterocycles. The Morgan fingerprint density at radius 3 is 2.59 bits per heavy atom. The Hall–Kier alpha value is -2.29. The van der Waals surface area contributed by atoms with Gasteiger partial charge in [-0.15, -0.1) is 0 Å². The number of allylic oxidation sites excluding steroid dienone is 1. The number of carbonyl (C=O) groups excluding carboxylic acids is 1. The summed E-state index contributed by atoms with van der Waals surface area (Å²) in [5.74, 6) is -0.508. The van der Waals surface area contributed by atoms with Crippen LogP contribution in [-0.4, -0.2) is 10.8 Å². The molecule has 2 aromatic rings. The van der Waals surface area contributed by atoms with Crippen molar-refractivity contribution < 1.29 is 9.18 Å². The number of nitrogens with zero attached hydrogens (tertiary/aromatic N) is 1. The summed E-state index contributed by atoms with van der Waals surface area (Å²) in [6.45, 7) is 0. The number of benzene rings is 1. The molecule has 0 aliphatic heterocycles. The summed E-state index contributed by atoms with van der Waals surface area (Å²) in [5, 5.41) is 0. The fourth-order valence-electron chi connectivity index (χ4n) is 1.36. The zero-order valence-corrected chi connectivity index (χ0v) is 9.01. The number of hydrogen-bond donors (Lipinski definition) is 0. The van der Waals surface area contributed by atoms with Crippen LogP contribution in [0.2, 0.25) is 0 Å². The first-order valence-electron chi connectivity index (χ1n) is 5.14. The minimum Gasteiger partial charge on any atom is -0.289 e. The van der Waals surface area contributed by atoms with E-state index in [1.54, 1.807) is 24.5 Å². The van der Waals surface area contributed by atoms with Crippen LogP contribution in [0, 0.1) is 5.82 Å². The molecule has 0 atom stereocenters. The van der Waals surface area contributed by atoms with Crippen LogP contribution in [0.4, 0.5) is 4.39 Å². The lowest BCUT2D eigenvalue weighted by Crippen LogP contribution is -1.93. The van der Waals surface area contributed by atoms with Crippen molar-refractivity contribution in [1.82, 2.24) is 4.98 Å². The highest BCUT2D eigenvalue weighted by Gasteiger charge is 2.01. The van der Waals surface area contributed by atoms with Gasteiger partial charge in [0.1, 0.15) is 5.82 Å². The molecule has 84 valence electrons. The van der Waals surface area contributed by atoms with Crippen LogP contribution in [0.5, 0.6) is 0 Å². The van der Waals surface area contributed by atoms with Crippen molar-refractivity contribution in [2.24, 2.45) is 0 Å². The highest BCUT2D eigenvalue weighted by atomic mass is 19.1. The molecule has 0 aliphatic carbocycles. The summed E-state index contributed by atoms with van der Waals surface area (Å²) < 4.78 is 12.7. The molecule has 0 amide bonds. The van der Waals surface area contributed by atoms with Crippen LogP contribution in [0.25, 0.3) is 6.08 Å². The molecule has 0 N–H and O–H groups in total. The van der Waals surface area contributed by atoms with Crippen LogP contribution in [0.1, 0.15) is 15.9 Å². The first kappa shape index (κ1) is 11.2. The second kappa shape index (κ2) is 5.16. The van der Waals surface area contributed by atoms with Crippen LogP contribution >= 0.6 is 0 Å². The first-order valence-corrected chi connectivity index (χ1v) is 5.14. The quantitative estimate of drug-likeness (QED) is 0.595. The number of ketones is 1. The summed E-state index contributed by atoms with van der Waals surface area (Å²) in [6.07, 6.45) is 6.45. The van der Waals surface area contributed by atoms with Crippen molar-refractivity contribution in [3.63, 3.8) is 0 Å². The molecule has 3 heteroatoms. The van der Waals surface area contributed by atoms with Crippen LogP contribution in [-0.2, 0) is 0 Å². The van der Waals surface area contributed by atoms with E-state index in [1.807, 2.05) is 6.07 Å². The maximum Gasteiger partial charge on any atom is 0.185 e. The molecule has 2 rings (SSSR count). The van der Waals surface area contributed by atoms with Gasteiger partial charge in [-0.1, -0.05) is 6.07 Å². The minimum atomic E-state index is -0.349. The lowest BCUT2D eigenvalue weighted by atomic mass is 10.1. The molecule has 1 aromatic heterocycles. The van der Waals surface area contributed by atoms with Gasteiger partial charge < -0.3 is 0 Å². The number of halogens is 1. The fraction of sp³-hybridized carbons (Fsp3) is 0. The molecule has 0 fully saturated rings. The average molecular weight is 227 g/mol. The lowest BCUT2D eigenvalue weighted by Gasteiger charge is -1.95. The van der Waals surface area contributed by atoms with Crippen LogP contribution in [0.3, 0.4) is 0 Å². The number of pyridine rings is 1. The van der Waals surface area contributed by atoms with Crippen molar-refractivity contribution >= 4 is 11.9 Å². The predicted octanol–water partition coefficient (Wildman–Crippen LogP) is 3.12. The Kier molecular flexibility index (Phi) is 3.40. The van der Waals surface area contributed by atoms with E-state index in [1.165, 1.54) is 30.3 Å². The summed E-state index contributed by atoms with van der Waals surface area (Å²) in [5.41, 5.74) is 1.31. The Labute approximate surface area is 98.4 Å². The van der Waals surface area contributed by atoms with E-state index in [4.69, 9.17) is 0 Å². The van der Waals surface area contributed by atoms with Crippen molar-refractivity contribution in [1.29, 1.82) is 0 Å². The van der Waals surface area contributed by atoms with Crippen molar-refractivity contribution in [2.45, 2.75) is 0 Å². The second-order valence-corrected chi connectivity index (χ2v) is 3.49. The second-order valence-electron chi connectivity index (χ2n) is 3.49. The van der Waals surface area contributed by atoms with Gasteiger partial charge in [-0.3, -0.25) is 9.78 Å². The average Bonchev–Trinajstić information content (AvgIpc) is 2.38. The van der Waals surface area contributed by atoms with Crippen molar-refractivity contribution in [2.75, 3.05) is 0 Å². The molecule has 17 heavy (non-hydrogen) atoms. The molecule has 1 heterocycles. The van der Waals surface area contributed by atoms with Gasteiger partial charge in [0.05, 0.1) is 0 Å². The number of carbonyl (C=O) groups is 1. The first-order chi connectivity index (χ1) is 8.25. The zero-order valence-electron chi connectivity index (χ0n) is 9.01. The van der Waals surface area contributed by atoms with Gasteiger partial charge in [-0.2, -0.15) is 0 Å². The SMILES string of the molecule is O=C(/C=C\c1cccnc1)c1ccc(F)cc1. The third-order valence-corrected chi connectivity index (χ3v) is 2.24. The molecule has 0 bridgehead atoms. The van der Waals surface area contributed by atoms with Crippen LogP contribution < -0.4 is 0 Å². The largest absolute Gasteiger partial charge is 0.289 e.